The lowest BCUT2D eigenvalue weighted by Crippen LogP contribution is -2.26. The van der Waals surface area contributed by atoms with Gasteiger partial charge in [-0.3, -0.25) is 0 Å². The molecule has 0 aliphatic carbocycles. The average molecular weight is 281 g/mol. The van der Waals surface area contributed by atoms with Crippen LogP contribution in [0.25, 0.3) is 0 Å². The van der Waals surface area contributed by atoms with Gasteiger partial charge in [-0.1, -0.05) is 13.8 Å². The van der Waals surface area contributed by atoms with Crippen LogP contribution in [-0.4, -0.2) is 27.4 Å². The molecular weight excluding hydrogens is 254 g/mol. The Bertz CT molecular complexity index is 393. The number of hydrogen-bond acceptors (Lipinski definition) is 4. The summed E-state index contributed by atoms with van der Waals surface area (Å²) in [6, 6.07) is 4.45. The summed E-state index contributed by atoms with van der Waals surface area (Å²) < 4.78 is 16.0. The monoisotopic (exact) mass is 281 g/mol. The molecule has 0 bridgehead atoms. The van der Waals surface area contributed by atoms with Gasteiger partial charge in [-0.05, 0) is 37.0 Å². The first-order valence-corrected chi connectivity index (χ1v) is 7.04. The molecular formula is C16H27NO3. The molecule has 1 rings (SSSR count). The third kappa shape index (κ3) is 4.60. The smallest absolute Gasteiger partial charge is 0.203 e. The van der Waals surface area contributed by atoms with Crippen molar-refractivity contribution in [2.75, 3.05) is 21.3 Å². The van der Waals surface area contributed by atoms with E-state index in [4.69, 9.17) is 14.2 Å². The first-order valence-electron chi connectivity index (χ1n) is 7.04. The lowest BCUT2D eigenvalue weighted by Gasteiger charge is -2.18. The predicted molar refractivity (Wildman–Crippen MR) is 81.9 cm³/mol. The van der Waals surface area contributed by atoms with Crippen molar-refractivity contribution < 1.29 is 14.2 Å². The van der Waals surface area contributed by atoms with Crippen LogP contribution in [0.4, 0.5) is 0 Å². The molecule has 0 heterocycles. The Hall–Kier alpha value is -1.42. The lowest BCUT2D eigenvalue weighted by molar-refractivity contribution is 0.323. The molecule has 1 atom stereocenters. The van der Waals surface area contributed by atoms with Crippen molar-refractivity contribution in [2.24, 2.45) is 5.92 Å². The highest BCUT2D eigenvalue weighted by Gasteiger charge is 2.13. The third-order valence-corrected chi connectivity index (χ3v) is 3.20. The third-order valence-electron chi connectivity index (χ3n) is 3.20. The molecule has 0 radical (unpaired) electrons. The fourth-order valence-electron chi connectivity index (χ4n) is 2.32. The predicted octanol–water partition coefficient (Wildman–Crippen LogP) is 3.24. The van der Waals surface area contributed by atoms with E-state index < -0.39 is 0 Å². The van der Waals surface area contributed by atoms with Gasteiger partial charge in [0.15, 0.2) is 11.5 Å². The second kappa shape index (κ2) is 8.00. The Labute approximate surface area is 122 Å². The first kappa shape index (κ1) is 16.6. The molecule has 0 saturated carbocycles. The van der Waals surface area contributed by atoms with Crippen LogP contribution in [0.15, 0.2) is 12.1 Å². The van der Waals surface area contributed by atoms with Gasteiger partial charge < -0.3 is 19.5 Å². The first-order chi connectivity index (χ1) is 9.51. The van der Waals surface area contributed by atoms with Crippen molar-refractivity contribution in [3.63, 3.8) is 0 Å². The normalized spacial score (nSPS) is 12.3. The van der Waals surface area contributed by atoms with Gasteiger partial charge >= 0.3 is 0 Å². The molecule has 20 heavy (non-hydrogen) atoms. The van der Waals surface area contributed by atoms with Crippen LogP contribution in [0.3, 0.4) is 0 Å². The zero-order valence-corrected chi connectivity index (χ0v) is 13.4. The number of benzene rings is 1. The second-order valence-electron chi connectivity index (χ2n) is 5.45. The molecule has 1 N–H and O–H groups in total. The summed E-state index contributed by atoms with van der Waals surface area (Å²) in [5.41, 5.74) is 1.12. The minimum atomic E-state index is 0.481. The molecule has 4 nitrogen and oxygen atoms in total. The molecule has 0 saturated heterocycles. The number of methoxy groups -OCH3 is 3. The zero-order chi connectivity index (χ0) is 15.1. The Morgan fingerprint density at radius 2 is 1.50 bits per heavy atom. The number of nitrogens with one attached hydrogen (secondary N) is 1. The van der Waals surface area contributed by atoms with E-state index in [1.54, 1.807) is 21.3 Å². The molecule has 0 aromatic heterocycles. The van der Waals surface area contributed by atoms with Gasteiger partial charge in [-0.15, -0.1) is 0 Å². The summed E-state index contributed by atoms with van der Waals surface area (Å²) in [7, 11) is 4.88. The topological polar surface area (TPSA) is 39.7 Å². The summed E-state index contributed by atoms with van der Waals surface area (Å²) >= 11 is 0. The highest BCUT2D eigenvalue weighted by Crippen LogP contribution is 2.38. The number of ether oxygens (including phenoxy) is 3. The summed E-state index contributed by atoms with van der Waals surface area (Å²) in [6.45, 7) is 7.46. The Balaban J connectivity index is 2.80. The van der Waals surface area contributed by atoms with E-state index in [1.807, 2.05) is 12.1 Å². The fourth-order valence-corrected chi connectivity index (χ4v) is 2.32. The highest BCUT2D eigenvalue weighted by atomic mass is 16.5. The van der Waals surface area contributed by atoms with E-state index in [0.717, 1.165) is 18.5 Å². The van der Waals surface area contributed by atoms with E-state index in [-0.39, 0.29) is 0 Å². The average Bonchev–Trinajstić information content (AvgIpc) is 2.42. The fraction of sp³-hybridized carbons (Fsp3) is 0.625. The Morgan fingerprint density at radius 3 is 1.90 bits per heavy atom. The maximum absolute atomic E-state index is 5.36. The standard InChI is InChI=1S/C16H27NO3/c1-11(2)7-12(3)17-10-13-8-14(18-4)16(20-6)15(9-13)19-5/h8-9,11-12,17H,7,10H2,1-6H3. The molecule has 0 aliphatic heterocycles. The molecule has 0 amide bonds. The highest BCUT2D eigenvalue weighted by molar-refractivity contribution is 5.53. The minimum absolute atomic E-state index is 0.481. The van der Waals surface area contributed by atoms with Crippen molar-refractivity contribution in [2.45, 2.75) is 39.8 Å². The van der Waals surface area contributed by atoms with Gasteiger partial charge in [-0.2, -0.15) is 0 Å². The maximum atomic E-state index is 5.36. The molecule has 1 unspecified atom stereocenters. The van der Waals surface area contributed by atoms with Crippen LogP contribution in [0.2, 0.25) is 0 Å². The summed E-state index contributed by atoms with van der Waals surface area (Å²) in [6.07, 6.45) is 1.16. The van der Waals surface area contributed by atoms with Crippen molar-refractivity contribution in [1.82, 2.24) is 5.32 Å². The van der Waals surface area contributed by atoms with Gasteiger partial charge in [0.2, 0.25) is 5.75 Å². The van der Waals surface area contributed by atoms with Crippen LogP contribution < -0.4 is 19.5 Å². The molecule has 1 aromatic rings. The number of rotatable bonds is 8. The van der Waals surface area contributed by atoms with Gasteiger partial charge in [-0.25, -0.2) is 0 Å². The van der Waals surface area contributed by atoms with Crippen LogP contribution >= 0.6 is 0 Å². The molecule has 0 aliphatic rings. The van der Waals surface area contributed by atoms with Crippen molar-refractivity contribution in [3.05, 3.63) is 17.7 Å². The van der Waals surface area contributed by atoms with E-state index in [9.17, 15) is 0 Å². The van der Waals surface area contributed by atoms with Crippen LogP contribution in [0, 0.1) is 5.92 Å². The van der Waals surface area contributed by atoms with Crippen molar-refractivity contribution in [1.29, 1.82) is 0 Å². The van der Waals surface area contributed by atoms with Gasteiger partial charge in [0, 0.05) is 12.6 Å². The molecule has 0 spiro atoms. The largest absolute Gasteiger partial charge is 0.493 e. The zero-order valence-electron chi connectivity index (χ0n) is 13.4. The van der Waals surface area contributed by atoms with Crippen LogP contribution in [-0.2, 0) is 6.54 Å². The maximum Gasteiger partial charge on any atom is 0.203 e. The second-order valence-corrected chi connectivity index (χ2v) is 5.45. The summed E-state index contributed by atoms with van der Waals surface area (Å²) in [5, 5.41) is 3.52. The van der Waals surface area contributed by atoms with Gasteiger partial charge in [0.1, 0.15) is 0 Å². The Kier molecular flexibility index (Phi) is 6.65. The van der Waals surface area contributed by atoms with E-state index in [2.05, 4.69) is 26.1 Å². The van der Waals surface area contributed by atoms with E-state index in [1.165, 1.54) is 0 Å². The minimum Gasteiger partial charge on any atom is -0.493 e. The van der Waals surface area contributed by atoms with Crippen molar-refractivity contribution >= 4 is 0 Å². The molecule has 0 fully saturated rings. The molecule has 1 aromatic carbocycles. The van der Waals surface area contributed by atoms with Crippen molar-refractivity contribution in [3.8, 4) is 17.2 Å². The van der Waals surface area contributed by atoms with E-state index in [0.29, 0.717) is 29.2 Å². The number of hydrogen-bond donors (Lipinski definition) is 1. The Morgan fingerprint density at radius 1 is 0.950 bits per heavy atom. The molecule has 4 heteroatoms. The summed E-state index contributed by atoms with van der Waals surface area (Å²) in [4.78, 5) is 0. The SMILES string of the molecule is COc1cc(CNC(C)CC(C)C)cc(OC)c1OC. The van der Waals surface area contributed by atoms with Crippen LogP contribution in [0.1, 0.15) is 32.8 Å². The quantitative estimate of drug-likeness (QED) is 0.794. The van der Waals surface area contributed by atoms with Crippen LogP contribution in [0.5, 0.6) is 17.2 Å². The molecule has 114 valence electrons. The summed E-state index contributed by atoms with van der Waals surface area (Å²) in [5.74, 6) is 2.71. The lowest BCUT2D eigenvalue weighted by atomic mass is 10.0. The van der Waals surface area contributed by atoms with Gasteiger partial charge in [0.05, 0.1) is 21.3 Å². The van der Waals surface area contributed by atoms with E-state index >= 15 is 0 Å². The van der Waals surface area contributed by atoms with Gasteiger partial charge in [0.25, 0.3) is 0 Å².